The molecule has 262 valence electrons. The van der Waals surface area contributed by atoms with E-state index in [4.69, 9.17) is 13.6 Å². The second-order valence-corrected chi connectivity index (χ2v) is 25.8. The minimum atomic E-state index is -2.29. The van der Waals surface area contributed by atoms with Gasteiger partial charge < -0.3 is 23.6 Å². The third-order valence-electron chi connectivity index (χ3n) is 10.3. The van der Waals surface area contributed by atoms with Crippen molar-refractivity contribution in [2.75, 3.05) is 20.7 Å². The Morgan fingerprint density at radius 1 is 0.844 bits per heavy atom. The first-order valence-corrected chi connectivity index (χ1v) is 22.4. The van der Waals surface area contributed by atoms with E-state index in [9.17, 15) is 14.7 Å². The summed E-state index contributed by atoms with van der Waals surface area (Å²) in [4.78, 5) is 27.8. The summed E-state index contributed by atoms with van der Waals surface area (Å²) in [6.45, 7) is 36.3. The van der Waals surface area contributed by atoms with Crippen LogP contribution in [0.2, 0.25) is 36.3 Å². The second-order valence-electron chi connectivity index (χ2n) is 16.2. The van der Waals surface area contributed by atoms with Gasteiger partial charge in [0.2, 0.25) is 5.91 Å². The Bertz CT molecular complexity index is 1010. The zero-order valence-electron chi connectivity index (χ0n) is 31.9. The van der Waals surface area contributed by atoms with Crippen molar-refractivity contribution in [2.45, 2.75) is 131 Å². The summed E-state index contributed by atoms with van der Waals surface area (Å²) in [6, 6.07) is 0. The van der Waals surface area contributed by atoms with Crippen LogP contribution in [0.5, 0.6) is 0 Å². The molecule has 0 saturated heterocycles. The van der Waals surface area contributed by atoms with Crippen molar-refractivity contribution in [3.05, 3.63) is 37.0 Å². The van der Waals surface area contributed by atoms with Crippen LogP contribution in [-0.4, -0.2) is 77.5 Å². The predicted molar refractivity (Wildman–Crippen MR) is 194 cm³/mol. The number of aliphatic hydroxyl groups excluding tert-OH is 1. The van der Waals surface area contributed by atoms with E-state index in [0.29, 0.717) is 6.54 Å². The molecule has 0 radical (unpaired) electrons. The SMILES string of the molecule is C=C/C=C\[C@H](C)[C@H](O)[C@@H](C)[C@H](O[Si](C)(C)C(C)(C)C)[C@@H](C)C(=O)N(C)C[C@H](C)[C@@H](O[Si](C)(C)C(C)(C)C)[C@@H](C)/C=C\C(=O)OC. The fraction of sp³-hybridized carbons (Fsp3) is 0.778. The van der Waals surface area contributed by atoms with Gasteiger partial charge in [-0.25, -0.2) is 4.79 Å². The van der Waals surface area contributed by atoms with Crippen LogP contribution >= 0.6 is 0 Å². The maximum absolute atomic E-state index is 14.2. The summed E-state index contributed by atoms with van der Waals surface area (Å²) in [5.74, 6) is -1.42. The summed E-state index contributed by atoms with van der Waals surface area (Å²) in [5, 5.41) is 11.3. The lowest BCUT2D eigenvalue weighted by Crippen LogP contribution is -2.53. The van der Waals surface area contributed by atoms with Crippen molar-refractivity contribution in [2.24, 2.45) is 29.6 Å². The van der Waals surface area contributed by atoms with Crippen LogP contribution < -0.4 is 0 Å². The molecule has 0 aliphatic rings. The number of rotatable bonds is 17. The highest BCUT2D eigenvalue weighted by Gasteiger charge is 2.45. The van der Waals surface area contributed by atoms with Crippen molar-refractivity contribution in [1.82, 2.24) is 4.90 Å². The molecule has 0 aromatic carbocycles. The molecule has 0 saturated carbocycles. The van der Waals surface area contributed by atoms with Gasteiger partial charge >= 0.3 is 5.97 Å². The fourth-order valence-electron chi connectivity index (χ4n) is 5.00. The van der Waals surface area contributed by atoms with Gasteiger partial charge in [-0.15, -0.1) is 0 Å². The number of carbonyl (C=O) groups excluding carboxylic acids is 2. The smallest absolute Gasteiger partial charge is 0.330 e. The van der Waals surface area contributed by atoms with E-state index < -0.39 is 40.7 Å². The van der Waals surface area contributed by atoms with Crippen molar-refractivity contribution in [3.63, 3.8) is 0 Å². The zero-order valence-corrected chi connectivity index (χ0v) is 33.9. The van der Waals surface area contributed by atoms with Gasteiger partial charge in [0.1, 0.15) is 0 Å². The van der Waals surface area contributed by atoms with Gasteiger partial charge in [-0.3, -0.25) is 4.79 Å². The van der Waals surface area contributed by atoms with E-state index >= 15 is 0 Å². The Hall–Kier alpha value is -1.53. The zero-order chi connectivity index (χ0) is 35.7. The molecule has 0 fully saturated rings. The van der Waals surface area contributed by atoms with Gasteiger partial charge in [-0.05, 0) is 48.1 Å². The number of amides is 1. The first-order valence-electron chi connectivity index (χ1n) is 16.6. The molecule has 0 aliphatic heterocycles. The molecule has 0 heterocycles. The van der Waals surface area contributed by atoms with E-state index in [0.717, 1.165) is 0 Å². The largest absolute Gasteiger partial charge is 0.466 e. The number of aliphatic hydroxyl groups is 1. The average Bonchev–Trinajstić information content (AvgIpc) is 2.92. The highest BCUT2D eigenvalue weighted by atomic mass is 28.4. The number of carbonyl (C=O) groups is 2. The third kappa shape index (κ3) is 12.9. The molecule has 45 heavy (non-hydrogen) atoms. The highest BCUT2D eigenvalue weighted by molar-refractivity contribution is 6.74. The fourth-order valence-corrected chi connectivity index (χ4v) is 7.94. The summed E-state index contributed by atoms with van der Waals surface area (Å²) in [7, 11) is -1.26. The summed E-state index contributed by atoms with van der Waals surface area (Å²) < 4.78 is 18.7. The van der Waals surface area contributed by atoms with Crippen molar-refractivity contribution in [1.29, 1.82) is 0 Å². The van der Waals surface area contributed by atoms with Gasteiger partial charge in [0.15, 0.2) is 16.6 Å². The quantitative estimate of drug-likeness (QED) is 0.0728. The predicted octanol–water partition coefficient (Wildman–Crippen LogP) is 8.24. The molecule has 0 aromatic rings. The van der Waals surface area contributed by atoms with E-state index in [1.165, 1.54) is 13.2 Å². The van der Waals surface area contributed by atoms with Crippen LogP contribution in [0.15, 0.2) is 37.0 Å². The molecule has 1 N–H and O–H groups in total. The van der Waals surface area contributed by atoms with E-state index in [-0.39, 0.29) is 45.8 Å². The van der Waals surface area contributed by atoms with Crippen LogP contribution in [0.25, 0.3) is 0 Å². The normalized spacial score (nSPS) is 19.0. The lowest BCUT2D eigenvalue weighted by molar-refractivity contribution is -0.140. The lowest BCUT2D eigenvalue weighted by Gasteiger charge is -2.45. The molecular formula is C36H69NO6Si2. The minimum absolute atomic E-state index is 0.00370. The molecule has 1 amide bonds. The van der Waals surface area contributed by atoms with Crippen LogP contribution in [0.3, 0.4) is 0 Å². The Labute approximate surface area is 279 Å². The first-order chi connectivity index (χ1) is 20.3. The molecule has 0 aromatic heterocycles. The molecule has 0 bridgehead atoms. The second kappa shape index (κ2) is 17.6. The first kappa shape index (κ1) is 43.5. The number of esters is 1. The van der Waals surface area contributed by atoms with Crippen LogP contribution in [0, 0.1) is 29.6 Å². The van der Waals surface area contributed by atoms with Crippen LogP contribution in [0.1, 0.15) is 76.2 Å². The minimum Gasteiger partial charge on any atom is -0.466 e. The van der Waals surface area contributed by atoms with E-state index in [2.05, 4.69) is 81.2 Å². The van der Waals surface area contributed by atoms with Crippen molar-refractivity contribution in [3.8, 4) is 0 Å². The number of allylic oxidation sites excluding steroid dienone is 2. The summed E-state index contributed by atoms with van der Waals surface area (Å²) >= 11 is 0. The average molecular weight is 668 g/mol. The molecule has 0 aliphatic carbocycles. The van der Waals surface area contributed by atoms with E-state index in [1.807, 2.05) is 53.0 Å². The number of methoxy groups -OCH3 is 1. The molecule has 8 atom stereocenters. The third-order valence-corrected chi connectivity index (χ3v) is 19.2. The topological polar surface area (TPSA) is 85.3 Å². The molecule has 7 nitrogen and oxygen atoms in total. The van der Waals surface area contributed by atoms with Crippen molar-refractivity contribution >= 4 is 28.5 Å². The lowest BCUT2D eigenvalue weighted by atomic mass is 9.83. The molecular weight excluding hydrogens is 599 g/mol. The van der Waals surface area contributed by atoms with Crippen molar-refractivity contribution < 1.29 is 28.3 Å². The standard InChI is InChI=1S/C36H69NO6Si2/c1-19-20-21-25(2)31(39)28(5)33(43-45(17,18)36(10,11)12)29(6)34(40)37(13)24-27(4)32(26(3)22-23-30(38)41-14)42-44(15,16)35(7,8)9/h19-23,25-29,31-33,39H,1,24H2,2-18H3/b21-20-,23-22-/t25-,26-,27-,28+,29+,31-,32-,33-/m0/s1. The van der Waals surface area contributed by atoms with Gasteiger partial charge in [0.05, 0.1) is 31.3 Å². The number of hydrogen-bond acceptors (Lipinski definition) is 6. The number of hydrogen-bond donors (Lipinski definition) is 1. The van der Waals surface area contributed by atoms with Crippen LogP contribution in [0.4, 0.5) is 0 Å². The van der Waals surface area contributed by atoms with Crippen LogP contribution in [-0.2, 0) is 23.2 Å². The van der Waals surface area contributed by atoms with Gasteiger partial charge in [0.25, 0.3) is 0 Å². The molecule has 0 spiro atoms. The molecule has 0 rings (SSSR count). The molecule has 0 unspecified atom stereocenters. The Balaban J connectivity index is 6.39. The highest BCUT2D eigenvalue weighted by Crippen LogP contribution is 2.41. The summed E-state index contributed by atoms with van der Waals surface area (Å²) in [5.41, 5.74) is 0. The maximum Gasteiger partial charge on any atom is 0.330 e. The Morgan fingerprint density at radius 3 is 1.73 bits per heavy atom. The maximum atomic E-state index is 14.2. The van der Waals surface area contributed by atoms with E-state index in [1.54, 1.807) is 11.0 Å². The summed E-state index contributed by atoms with van der Waals surface area (Å²) in [6.07, 6.45) is 7.42. The molecule has 9 heteroatoms. The van der Waals surface area contributed by atoms with Gasteiger partial charge in [-0.2, -0.15) is 0 Å². The Morgan fingerprint density at radius 2 is 1.31 bits per heavy atom. The Kier molecular flexibility index (Phi) is 17.0. The number of nitrogens with zero attached hydrogens (tertiary/aromatic N) is 1. The van der Waals surface area contributed by atoms with Gasteiger partial charge in [0, 0.05) is 31.5 Å². The van der Waals surface area contributed by atoms with Gasteiger partial charge in [-0.1, -0.05) is 107 Å². The number of ether oxygens (including phenoxy) is 1. The monoisotopic (exact) mass is 667 g/mol.